The van der Waals surface area contributed by atoms with Crippen molar-refractivity contribution >= 4 is 11.9 Å². The Kier molecular flexibility index (Phi) is 8.35. The van der Waals surface area contributed by atoms with E-state index in [1.54, 1.807) is 0 Å². The second-order valence-electron chi connectivity index (χ2n) is 8.95. The van der Waals surface area contributed by atoms with E-state index in [0.717, 1.165) is 16.7 Å². The summed E-state index contributed by atoms with van der Waals surface area (Å²) >= 11 is 0. The average Bonchev–Trinajstić information content (AvgIpc) is 2.90. The van der Waals surface area contributed by atoms with Crippen LogP contribution >= 0.6 is 0 Å². The van der Waals surface area contributed by atoms with Crippen molar-refractivity contribution in [2.24, 2.45) is 0 Å². The van der Waals surface area contributed by atoms with E-state index in [-0.39, 0.29) is 6.61 Å². The molecule has 3 N–H and O–H groups in total. The Labute approximate surface area is 215 Å². The first-order valence-electron chi connectivity index (χ1n) is 12.1. The Morgan fingerprint density at radius 1 is 0.838 bits per heavy atom. The molecule has 1 aliphatic heterocycles. The Morgan fingerprint density at radius 2 is 1.30 bits per heavy atom. The van der Waals surface area contributed by atoms with Crippen LogP contribution in [0.25, 0.3) is 0 Å². The van der Waals surface area contributed by atoms with Crippen molar-refractivity contribution in [3.63, 3.8) is 0 Å². The zero-order chi connectivity index (χ0) is 26.4. The first-order chi connectivity index (χ1) is 17.8. The highest BCUT2D eigenvalue weighted by atomic mass is 16.6. The van der Waals surface area contributed by atoms with Crippen molar-refractivity contribution in [3.05, 3.63) is 108 Å². The second kappa shape index (κ2) is 11.7. The summed E-state index contributed by atoms with van der Waals surface area (Å²) in [5.41, 5.74) is 1.48. The van der Waals surface area contributed by atoms with E-state index >= 15 is 0 Å². The van der Waals surface area contributed by atoms with Crippen LogP contribution in [0.4, 0.5) is 0 Å². The fourth-order valence-electron chi connectivity index (χ4n) is 4.77. The van der Waals surface area contributed by atoms with Crippen molar-refractivity contribution in [1.82, 2.24) is 5.32 Å². The first kappa shape index (κ1) is 26.5. The van der Waals surface area contributed by atoms with E-state index < -0.39 is 48.1 Å². The third-order valence-electron chi connectivity index (χ3n) is 6.37. The van der Waals surface area contributed by atoms with Crippen molar-refractivity contribution in [2.45, 2.75) is 50.1 Å². The number of aliphatic hydroxyl groups excluding tert-OH is 2. The van der Waals surface area contributed by atoms with Gasteiger partial charge in [0.25, 0.3) is 0 Å². The molecule has 0 saturated carbocycles. The summed E-state index contributed by atoms with van der Waals surface area (Å²) in [6.45, 7) is 2.28. The molecule has 4 rings (SSSR count). The van der Waals surface area contributed by atoms with E-state index in [4.69, 9.17) is 14.2 Å². The lowest BCUT2D eigenvalue weighted by atomic mass is 9.80. The zero-order valence-corrected chi connectivity index (χ0v) is 20.7. The van der Waals surface area contributed by atoms with Gasteiger partial charge in [0.1, 0.15) is 23.9 Å². The van der Waals surface area contributed by atoms with E-state index in [0.29, 0.717) is 0 Å². The fourth-order valence-corrected chi connectivity index (χ4v) is 4.77. The number of carbonyl (C=O) groups excluding carboxylic acids is 2. The van der Waals surface area contributed by atoms with Crippen molar-refractivity contribution in [2.75, 3.05) is 6.61 Å². The first-order valence-corrected chi connectivity index (χ1v) is 12.1. The molecule has 8 nitrogen and oxygen atoms in total. The molecule has 0 aliphatic carbocycles. The lowest BCUT2D eigenvalue weighted by molar-refractivity contribution is -0.264. The third kappa shape index (κ3) is 5.73. The summed E-state index contributed by atoms with van der Waals surface area (Å²) in [6, 6.07) is 27.9. The number of ether oxygens (including phenoxy) is 3. The van der Waals surface area contributed by atoms with Crippen molar-refractivity contribution < 1.29 is 34.0 Å². The summed E-state index contributed by atoms with van der Waals surface area (Å²) in [4.78, 5) is 23.5. The van der Waals surface area contributed by atoms with Crippen LogP contribution in [0.2, 0.25) is 0 Å². The number of aliphatic hydroxyl groups is 2. The van der Waals surface area contributed by atoms with E-state index in [1.807, 2.05) is 91.0 Å². The number of rotatable bonds is 8. The van der Waals surface area contributed by atoms with Gasteiger partial charge in [0.15, 0.2) is 12.4 Å². The number of benzene rings is 3. The van der Waals surface area contributed by atoms with Crippen LogP contribution in [0.3, 0.4) is 0 Å². The predicted molar refractivity (Wildman–Crippen MR) is 135 cm³/mol. The Bertz CT molecular complexity index is 1080. The van der Waals surface area contributed by atoms with E-state index in [9.17, 15) is 19.8 Å². The van der Waals surface area contributed by atoms with Crippen LogP contribution in [-0.2, 0) is 29.4 Å². The molecule has 1 fully saturated rings. The molecule has 1 heterocycles. The molecule has 37 heavy (non-hydrogen) atoms. The van der Waals surface area contributed by atoms with Crippen LogP contribution in [0.1, 0.15) is 30.5 Å². The predicted octanol–water partition coefficient (Wildman–Crippen LogP) is 2.51. The summed E-state index contributed by atoms with van der Waals surface area (Å²) < 4.78 is 17.7. The summed E-state index contributed by atoms with van der Waals surface area (Å²) in [7, 11) is 0. The van der Waals surface area contributed by atoms with Gasteiger partial charge in [-0.2, -0.15) is 0 Å². The number of hydrogen-bond acceptors (Lipinski definition) is 7. The van der Waals surface area contributed by atoms with Gasteiger partial charge in [0.05, 0.1) is 6.61 Å². The highest BCUT2D eigenvalue weighted by Gasteiger charge is 2.48. The number of hydrogen-bond donors (Lipinski definition) is 3. The van der Waals surface area contributed by atoms with Gasteiger partial charge in [-0.15, -0.1) is 0 Å². The standard InChI is InChI=1S/C29H31NO7/c1-19(31)30-25-27(36-20(2)32)26(33)24(37-28(25)34)18-35-29(21-12-6-3-7-13-21,22-14-8-4-9-15-22)23-16-10-5-11-17-23/h3-17,24-28,33-34H,18H2,1-2H3,(H,30,31)/t24-,25-,26+,27-,28-/m0/s1. The normalized spacial score (nSPS) is 23.7. The minimum atomic E-state index is -1.54. The molecule has 0 unspecified atom stereocenters. The monoisotopic (exact) mass is 505 g/mol. The van der Waals surface area contributed by atoms with Crippen LogP contribution < -0.4 is 5.32 Å². The Balaban J connectivity index is 1.73. The number of nitrogens with one attached hydrogen (secondary N) is 1. The summed E-state index contributed by atoms with van der Waals surface area (Å²) in [5.74, 6) is -1.14. The molecule has 0 radical (unpaired) electrons. The van der Waals surface area contributed by atoms with Gasteiger partial charge in [-0.25, -0.2) is 0 Å². The van der Waals surface area contributed by atoms with Crippen LogP contribution in [0.5, 0.6) is 0 Å². The van der Waals surface area contributed by atoms with Gasteiger partial charge in [0, 0.05) is 13.8 Å². The SMILES string of the molecule is CC(=O)N[C@H]1[C@H](OC(C)=O)[C@H](O)[C@H](COC(c2ccccc2)(c2ccccc2)c2ccccc2)O[C@@H]1O. The highest BCUT2D eigenvalue weighted by molar-refractivity contribution is 5.73. The maximum Gasteiger partial charge on any atom is 0.303 e. The largest absolute Gasteiger partial charge is 0.457 e. The summed E-state index contributed by atoms with van der Waals surface area (Å²) in [6.07, 6.45) is -5.23. The average molecular weight is 506 g/mol. The van der Waals surface area contributed by atoms with Gasteiger partial charge < -0.3 is 29.7 Å². The molecule has 1 saturated heterocycles. The topological polar surface area (TPSA) is 114 Å². The lowest BCUT2D eigenvalue weighted by Gasteiger charge is -2.44. The zero-order valence-electron chi connectivity index (χ0n) is 20.7. The van der Waals surface area contributed by atoms with Gasteiger partial charge >= 0.3 is 5.97 Å². The molecular formula is C29H31NO7. The molecule has 0 aromatic heterocycles. The van der Waals surface area contributed by atoms with Gasteiger partial charge in [-0.05, 0) is 16.7 Å². The minimum Gasteiger partial charge on any atom is -0.457 e. The maximum atomic E-state index is 11.8. The quantitative estimate of drug-likeness (QED) is 0.318. The summed E-state index contributed by atoms with van der Waals surface area (Å²) in [5, 5.41) is 24.3. The van der Waals surface area contributed by atoms with Crippen molar-refractivity contribution in [3.8, 4) is 0 Å². The lowest BCUT2D eigenvalue weighted by Crippen LogP contribution is -2.65. The Hall–Kier alpha value is -3.56. The molecule has 3 aromatic carbocycles. The van der Waals surface area contributed by atoms with E-state index in [2.05, 4.69) is 5.32 Å². The third-order valence-corrected chi connectivity index (χ3v) is 6.37. The van der Waals surface area contributed by atoms with Crippen LogP contribution in [0, 0.1) is 0 Å². The van der Waals surface area contributed by atoms with Gasteiger partial charge in [-0.1, -0.05) is 91.0 Å². The molecular weight excluding hydrogens is 474 g/mol. The number of esters is 1. The van der Waals surface area contributed by atoms with Crippen molar-refractivity contribution in [1.29, 1.82) is 0 Å². The molecule has 5 atom stereocenters. The molecule has 194 valence electrons. The van der Waals surface area contributed by atoms with Crippen LogP contribution in [0.15, 0.2) is 91.0 Å². The second-order valence-corrected chi connectivity index (χ2v) is 8.95. The van der Waals surface area contributed by atoms with E-state index in [1.165, 1.54) is 13.8 Å². The highest BCUT2D eigenvalue weighted by Crippen LogP contribution is 2.41. The smallest absolute Gasteiger partial charge is 0.303 e. The fraction of sp³-hybridized carbons (Fsp3) is 0.310. The Morgan fingerprint density at radius 3 is 1.70 bits per heavy atom. The molecule has 3 aromatic rings. The molecule has 1 aliphatic rings. The molecule has 1 amide bonds. The number of amides is 1. The number of carbonyl (C=O) groups is 2. The van der Waals surface area contributed by atoms with Gasteiger partial charge in [-0.3, -0.25) is 9.59 Å². The maximum absolute atomic E-state index is 11.8. The molecule has 8 heteroatoms. The van der Waals surface area contributed by atoms with Gasteiger partial charge in [0.2, 0.25) is 5.91 Å². The minimum absolute atomic E-state index is 0.165. The molecule has 0 bridgehead atoms. The van der Waals surface area contributed by atoms with Crippen LogP contribution in [-0.4, -0.2) is 59.3 Å². The molecule has 0 spiro atoms.